The number of fused-ring (bicyclic) bond motifs is 1. The molecule has 0 spiro atoms. The number of aromatic nitrogens is 4. The standard InChI is InChI=1S/C28H29N5O7/c1-15-23(7-8-24(34)30-20-10-18(26(35)39-5)9-19(11-20)27(36)40-6)16(2)33-28(29-15)31-25(32-33)17-12-21(37-3)14-22(13-17)38-4/h9-14H,7-8H2,1-6H3,(H,30,34). The first-order valence-electron chi connectivity index (χ1n) is 12.2. The van der Waals surface area contributed by atoms with Gasteiger partial charge in [0.15, 0.2) is 5.82 Å². The number of nitrogens with one attached hydrogen (secondary N) is 1. The topological polar surface area (TPSA) is 143 Å². The van der Waals surface area contributed by atoms with Crippen molar-refractivity contribution in [2.75, 3.05) is 33.8 Å². The van der Waals surface area contributed by atoms with Gasteiger partial charge in [-0.2, -0.15) is 4.98 Å². The van der Waals surface area contributed by atoms with E-state index in [1.54, 1.807) is 24.8 Å². The molecule has 2 heterocycles. The van der Waals surface area contributed by atoms with Crippen LogP contribution in [0.1, 0.15) is 44.1 Å². The summed E-state index contributed by atoms with van der Waals surface area (Å²) < 4.78 is 21.9. The summed E-state index contributed by atoms with van der Waals surface area (Å²) in [5, 5.41) is 7.38. The van der Waals surface area contributed by atoms with Crippen LogP contribution in [0.2, 0.25) is 0 Å². The summed E-state index contributed by atoms with van der Waals surface area (Å²) in [6.07, 6.45) is 0.481. The van der Waals surface area contributed by atoms with Gasteiger partial charge in [0.05, 0.1) is 39.6 Å². The fourth-order valence-electron chi connectivity index (χ4n) is 4.26. The fourth-order valence-corrected chi connectivity index (χ4v) is 4.26. The van der Waals surface area contributed by atoms with Crippen molar-refractivity contribution in [2.45, 2.75) is 26.7 Å². The zero-order chi connectivity index (χ0) is 29.0. The Morgan fingerprint density at radius 2 is 1.43 bits per heavy atom. The van der Waals surface area contributed by atoms with Crippen molar-refractivity contribution in [3.05, 3.63) is 64.5 Å². The van der Waals surface area contributed by atoms with Gasteiger partial charge < -0.3 is 24.3 Å². The first kappa shape index (κ1) is 28.0. The number of carbonyl (C=O) groups is 3. The molecular formula is C28H29N5O7. The monoisotopic (exact) mass is 547 g/mol. The second-order valence-electron chi connectivity index (χ2n) is 8.84. The molecule has 1 N–H and O–H groups in total. The number of aryl methyl sites for hydroxylation is 2. The number of esters is 2. The maximum Gasteiger partial charge on any atom is 0.337 e. The van der Waals surface area contributed by atoms with Gasteiger partial charge in [0.25, 0.3) is 5.78 Å². The van der Waals surface area contributed by atoms with Crippen LogP contribution >= 0.6 is 0 Å². The fraction of sp³-hybridized carbons (Fsp3) is 0.286. The predicted molar refractivity (Wildman–Crippen MR) is 145 cm³/mol. The third-order valence-electron chi connectivity index (χ3n) is 6.32. The summed E-state index contributed by atoms with van der Waals surface area (Å²) in [4.78, 5) is 46.1. The Morgan fingerprint density at radius 1 is 0.825 bits per heavy atom. The third-order valence-corrected chi connectivity index (χ3v) is 6.32. The zero-order valence-electron chi connectivity index (χ0n) is 23.0. The molecule has 1 amide bonds. The molecule has 2 aromatic heterocycles. The first-order valence-corrected chi connectivity index (χ1v) is 12.2. The lowest BCUT2D eigenvalue weighted by molar-refractivity contribution is -0.116. The average molecular weight is 548 g/mol. The molecule has 0 fully saturated rings. The summed E-state index contributed by atoms with van der Waals surface area (Å²) >= 11 is 0. The molecule has 0 aliphatic rings. The number of anilines is 1. The number of ether oxygens (including phenoxy) is 4. The molecule has 40 heavy (non-hydrogen) atoms. The number of carbonyl (C=O) groups excluding carboxylic acids is 3. The molecule has 0 saturated carbocycles. The van der Waals surface area contributed by atoms with Crippen LogP contribution in [0.3, 0.4) is 0 Å². The van der Waals surface area contributed by atoms with Crippen molar-refractivity contribution in [1.29, 1.82) is 0 Å². The Kier molecular flexibility index (Phi) is 8.27. The minimum absolute atomic E-state index is 0.109. The van der Waals surface area contributed by atoms with Crippen molar-refractivity contribution in [3.8, 4) is 22.9 Å². The molecule has 208 valence electrons. The van der Waals surface area contributed by atoms with Gasteiger partial charge in [0.1, 0.15) is 11.5 Å². The maximum atomic E-state index is 12.9. The van der Waals surface area contributed by atoms with Crippen LogP contribution in [0.25, 0.3) is 17.2 Å². The number of hydrogen-bond donors (Lipinski definition) is 1. The second kappa shape index (κ2) is 11.8. The highest BCUT2D eigenvalue weighted by atomic mass is 16.5. The van der Waals surface area contributed by atoms with Crippen molar-refractivity contribution >= 4 is 29.3 Å². The first-order chi connectivity index (χ1) is 19.2. The molecule has 0 aliphatic heterocycles. The molecule has 0 radical (unpaired) electrons. The van der Waals surface area contributed by atoms with Gasteiger partial charge in [-0.15, -0.1) is 5.10 Å². The van der Waals surface area contributed by atoms with E-state index >= 15 is 0 Å². The van der Waals surface area contributed by atoms with Crippen LogP contribution in [-0.2, 0) is 20.7 Å². The molecule has 12 nitrogen and oxygen atoms in total. The smallest absolute Gasteiger partial charge is 0.337 e. The van der Waals surface area contributed by atoms with E-state index < -0.39 is 11.9 Å². The number of hydrogen-bond acceptors (Lipinski definition) is 10. The second-order valence-corrected chi connectivity index (χ2v) is 8.84. The SMILES string of the molecule is COC(=O)c1cc(NC(=O)CCc2c(C)nc3nc(-c4cc(OC)cc(OC)c4)nn3c2C)cc(C(=O)OC)c1. The lowest BCUT2D eigenvalue weighted by Crippen LogP contribution is -2.16. The highest BCUT2D eigenvalue weighted by molar-refractivity contribution is 5.99. The van der Waals surface area contributed by atoms with E-state index in [-0.39, 0.29) is 29.1 Å². The summed E-state index contributed by atoms with van der Waals surface area (Å²) in [5.41, 5.74) is 3.56. The largest absolute Gasteiger partial charge is 0.497 e. The number of nitrogens with zero attached hydrogens (tertiary/aromatic N) is 4. The van der Waals surface area contributed by atoms with Crippen LogP contribution in [-0.4, -0.2) is 65.9 Å². The van der Waals surface area contributed by atoms with E-state index in [0.717, 1.165) is 17.0 Å². The van der Waals surface area contributed by atoms with E-state index in [4.69, 9.17) is 18.9 Å². The van der Waals surface area contributed by atoms with Gasteiger partial charge in [-0.1, -0.05) is 0 Å². The molecule has 12 heteroatoms. The van der Waals surface area contributed by atoms with Crippen LogP contribution in [0.15, 0.2) is 36.4 Å². The normalized spacial score (nSPS) is 10.8. The van der Waals surface area contributed by atoms with Gasteiger partial charge in [0.2, 0.25) is 5.91 Å². The highest BCUT2D eigenvalue weighted by Crippen LogP contribution is 2.29. The predicted octanol–water partition coefficient (Wildman–Crippen LogP) is 3.57. The molecule has 2 aromatic carbocycles. The quantitative estimate of drug-likeness (QED) is 0.309. The van der Waals surface area contributed by atoms with Gasteiger partial charge >= 0.3 is 11.9 Å². The summed E-state index contributed by atoms with van der Waals surface area (Å²) in [6, 6.07) is 9.60. The molecular weight excluding hydrogens is 518 g/mol. The van der Waals surface area contributed by atoms with Gasteiger partial charge in [-0.05, 0) is 56.2 Å². The lowest BCUT2D eigenvalue weighted by atomic mass is 10.1. The average Bonchev–Trinajstić information content (AvgIpc) is 3.39. The number of rotatable bonds is 9. The Balaban J connectivity index is 1.56. The third kappa shape index (κ3) is 5.85. The van der Waals surface area contributed by atoms with Crippen LogP contribution in [0, 0.1) is 13.8 Å². The van der Waals surface area contributed by atoms with E-state index in [1.165, 1.54) is 32.4 Å². The molecule has 0 saturated heterocycles. The number of amides is 1. The molecule has 0 unspecified atom stereocenters. The van der Waals surface area contributed by atoms with Crippen LogP contribution in [0.5, 0.6) is 11.5 Å². The van der Waals surface area contributed by atoms with Crippen LogP contribution in [0.4, 0.5) is 5.69 Å². The van der Waals surface area contributed by atoms with E-state index in [9.17, 15) is 14.4 Å². The highest BCUT2D eigenvalue weighted by Gasteiger charge is 2.18. The van der Waals surface area contributed by atoms with E-state index in [0.29, 0.717) is 35.1 Å². The minimum Gasteiger partial charge on any atom is -0.497 e. The maximum absolute atomic E-state index is 12.9. The number of methoxy groups -OCH3 is 4. The van der Waals surface area contributed by atoms with Crippen molar-refractivity contribution < 1.29 is 33.3 Å². The molecule has 0 bridgehead atoms. The van der Waals surface area contributed by atoms with Crippen LogP contribution < -0.4 is 14.8 Å². The minimum atomic E-state index is -0.647. The van der Waals surface area contributed by atoms with Crippen molar-refractivity contribution in [2.24, 2.45) is 0 Å². The zero-order valence-corrected chi connectivity index (χ0v) is 23.0. The summed E-state index contributed by atoms with van der Waals surface area (Å²) in [7, 11) is 5.60. The Bertz CT molecular complexity index is 1560. The Labute approximate surface area is 230 Å². The van der Waals surface area contributed by atoms with Gasteiger partial charge in [-0.25, -0.2) is 19.1 Å². The molecule has 0 atom stereocenters. The molecule has 4 rings (SSSR count). The molecule has 4 aromatic rings. The van der Waals surface area contributed by atoms with Crippen molar-refractivity contribution in [1.82, 2.24) is 19.6 Å². The lowest BCUT2D eigenvalue weighted by Gasteiger charge is -2.12. The Morgan fingerprint density at radius 3 is 1.98 bits per heavy atom. The van der Waals surface area contributed by atoms with Gasteiger partial charge in [0, 0.05) is 35.1 Å². The Hall–Kier alpha value is -5.00. The van der Waals surface area contributed by atoms with E-state index in [1.807, 2.05) is 26.0 Å². The number of benzene rings is 2. The molecule has 0 aliphatic carbocycles. The summed E-state index contributed by atoms with van der Waals surface area (Å²) in [6.45, 7) is 3.74. The summed E-state index contributed by atoms with van der Waals surface area (Å²) in [5.74, 6) is 0.481. The van der Waals surface area contributed by atoms with Crippen molar-refractivity contribution in [3.63, 3.8) is 0 Å². The van der Waals surface area contributed by atoms with E-state index in [2.05, 4.69) is 20.4 Å². The van der Waals surface area contributed by atoms with Gasteiger partial charge in [-0.3, -0.25) is 4.79 Å².